The highest BCUT2D eigenvalue weighted by Gasteiger charge is 2.33. The van der Waals surface area contributed by atoms with Crippen molar-refractivity contribution >= 4 is 24.4 Å². The van der Waals surface area contributed by atoms with Crippen molar-refractivity contribution in [3.63, 3.8) is 0 Å². The molecular formula is C37H40N4O9. The summed E-state index contributed by atoms with van der Waals surface area (Å²) < 4.78 is 21.6. The van der Waals surface area contributed by atoms with Crippen LogP contribution in [0, 0.1) is 0 Å². The molecule has 0 aliphatic rings. The lowest BCUT2D eigenvalue weighted by molar-refractivity contribution is 0.0127. The van der Waals surface area contributed by atoms with Gasteiger partial charge in [0, 0.05) is 0 Å². The Kier molecular flexibility index (Phi) is 14.5. The molecular weight excluding hydrogens is 644 g/mol. The normalized spacial score (nSPS) is 11.6. The van der Waals surface area contributed by atoms with Crippen molar-refractivity contribution in [2.45, 2.75) is 51.9 Å². The second-order valence-corrected chi connectivity index (χ2v) is 11.1. The number of nitrogens with one attached hydrogen (secondary N) is 2. The number of hydrogen-bond donors (Lipinski definition) is 3. The average Bonchev–Trinajstić information content (AvgIpc) is 3.16. The van der Waals surface area contributed by atoms with Crippen LogP contribution in [0.1, 0.15) is 35.6 Å². The van der Waals surface area contributed by atoms with Crippen LogP contribution in [-0.2, 0) is 45.4 Å². The van der Waals surface area contributed by atoms with Crippen molar-refractivity contribution in [3.05, 3.63) is 144 Å². The summed E-state index contributed by atoms with van der Waals surface area (Å²) in [5.74, 6) is 0. The van der Waals surface area contributed by atoms with E-state index in [1.807, 2.05) is 24.3 Å². The zero-order chi connectivity index (χ0) is 35.6. The first-order chi connectivity index (χ1) is 24.3. The van der Waals surface area contributed by atoms with Crippen molar-refractivity contribution in [2.75, 3.05) is 6.61 Å². The molecule has 0 saturated carbocycles. The number of hydrazine groups is 2. The summed E-state index contributed by atoms with van der Waals surface area (Å²) in [5, 5.41) is 12.2. The number of amides is 4. The lowest BCUT2D eigenvalue weighted by Gasteiger charge is -2.34. The first-order valence-corrected chi connectivity index (χ1v) is 15.9. The van der Waals surface area contributed by atoms with Crippen molar-refractivity contribution in [2.24, 2.45) is 0 Å². The average molecular weight is 685 g/mol. The minimum Gasteiger partial charge on any atom is -0.443 e. The molecule has 4 aromatic carbocycles. The predicted octanol–water partition coefficient (Wildman–Crippen LogP) is 6.09. The predicted molar refractivity (Wildman–Crippen MR) is 181 cm³/mol. The Hall–Kier alpha value is -6.08. The molecule has 0 unspecified atom stereocenters. The maximum Gasteiger partial charge on any atom is 0.429 e. The first-order valence-electron chi connectivity index (χ1n) is 15.9. The Morgan fingerprint density at radius 1 is 0.540 bits per heavy atom. The third-order valence-electron chi connectivity index (χ3n) is 7.28. The second-order valence-electron chi connectivity index (χ2n) is 11.1. The molecule has 0 spiro atoms. The maximum atomic E-state index is 13.4. The van der Waals surface area contributed by atoms with Crippen molar-refractivity contribution < 1.29 is 43.2 Å². The van der Waals surface area contributed by atoms with E-state index in [1.54, 1.807) is 104 Å². The quantitative estimate of drug-likeness (QED) is 0.112. The van der Waals surface area contributed by atoms with Crippen molar-refractivity contribution in [1.29, 1.82) is 0 Å². The Morgan fingerprint density at radius 2 is 0.860 bits per heavy atom. The highest BCUT2D eigenvalue weighted by atomic mass is 16.6. The summed E-state index contributed by atoms with van der Waals surface area (Å²) in [4.78, 5) is 52.5. The zero-order valence-corrected chi connectivity index (χ0v) is 27.6. The highest BCUT2D eigenvalue weighted by molar-refractivity contribution is 5.75. The Morgan fingerprint density at radius 3 is 1.22 bits per heavy atom. The van der Waals surface area contributed by atoms with E-state index in [9.17, 15) is 24.3 Å². The van der Waals surface area contributed by atoms with E-state index in [4.69, 9.17) is 18.9 Å². The van der Waals surface area contributed by atoms with Crippen LogP contribution >= 0.6 is 0 Å². The van der Waals surface area contributed by atoms with Gasteiger partial charge >= 0.3 is 24.4 Å². The minimum absolute atomic E-state index is 0.0662. The molecule has 0 aliphatic carbocycles. The molecule has 0 radical (unpaired) electrons. The van der Waals surface area contributed by atoms with E-state index in [0.29, 0.717) is 16.7 Å². The molecule has 0 aliphatic heterocycles. The largest absolute Gasteiger partial charge is 0.443 e. The smallest absolute Gasteiger partial charge is 0.429 e. The van der Waals surface area contributed by atoms with E-state index in [-0.39, 0.29) is 32.8 Å². The summed E-state index contributed by atoms with van der Waals surface area (Å²) in [7, 11) is 0. The lowest BCUT2D eigenvalue weighted by Crippen LogP contribution is -2.57. The van der Waals surface area contributed by atoms with Gasteiger partial charge < -0.3 is 24.1 Å². The van der Waals surface area contributed by atoms with Gasteiger partial charge in [0.1, 0.15) is 26.4 Å². The van der Waals surface area contributed by atoms with E-state index in [1.165, 1.54) is 0 Å². The molecule has 13 nitrogen and oxygen atoms in total. The standard InChI is InChI=1S/C37H40N4O9/c1-28(40(36(45)49-26-31-18-10-4-11-19-31)38-34(43)47-24-29-14-6-2-7-15-29)22-33(23-42)41(37(46)50-27-32-20-12-5-13-21-32)39-35(44)48-25-30-16-8-3-9-17-30/h2-21,28,33,42H,22-27H2,1H3,(H,38,43)(H,39,44)/t28-,33+/m1/s1. The number of aliphatic hydroxyl groups excluding tert-OH is 1. The lowest BCUT2D eigenvalue weighted by atomic mass is 10.1. The molecule has 3 N–H and O–H groups in total. The molecule has 262 valence electrons. The zero-order valence-electron chi connectivity index (χ0n) is 27.6. The fraction of sp³-hybridized carbons (Fsp3) is 0.243. The van der Waals surface area contributed by atoms with Crippen molar-refractivity contribution in [1.82, 2.24) is 20.9 Å². The molecule has 4 aromatic rings. The van der Waals surface area contributed by atoms with Gasteiger partial charge in [-0.25, -0.2) is 40.0 Å². The van der Waals surface area contributed by atoms with Gasteiger partial charge in [0.2, 0.25) is 0 Å². The maximum absolute atomic E-state index is 13.4. The van der Waals surface area contributed by atoms with Crippen LogP contribution < -0.4 is 10.9 Å². The Labute approximate surface area is 290 Å². The van der Waals surface area contributed by atoms with Crippen LogP contribution in [-0.4, -0.2) is 58.2 Å². The molecule has 13 heteroatoms. The molecule has 2 atom stereocenters. The van der Waals surface area contributed by atoms with Gasteiger partial charge in [-0.05, 0) is 35.6 Å². The fourth-order valence-electron chi connectivity index (χ4n) is 4.67. The van der Waals surface area contributed by atoms with Gasteiger partial charge in [0.15, 0.2) is 0 Å². The summed E-state index contributed by atoms with van der Waals surface area (Å²) >= 11 is 0. The SMILES string of the molecule is C[C@H](C[C@@H](CO)N(NC(=O)OCc1ccccc1)C(=O)OCc1ccccc1)N(NC(=O)OCc1ccccc1)C(=O)OCc1ccccc1. The van der Waals surface area contributed by atoms with Gasteiger partial charge in [0.25, 0.3) is 0 Å². The summed E-state index contributed by atoms with van der Waals surface area (Å²) in [6.45, 7) is 0.510. The van der Waals surface area contributed by atoms with Gasteiger partial charge in [0.05, 0.1) is 18.7 Å². The Balaban J connectivity index is 1.49. The van der Waals surface area contributed by atoms with Crippen LogP contribution in [0.2, 0.25) is 0 Å². The van der Waals surface area contributed by atoms with Gasteiger partial charge in [-0.15, -0.1) is 0 Å². The van der Waals surface area contributed by atoms with Crippen molar-refractivity contribution in [3.8, 4) is 0 Å². The molecule has 0 bridgehead atoms. The third-order valence-corrected chi connectivity index (χ3v) is 7.28. The van der Waals surface area contributed by atoms with Gasteiger partial charge in [-0.3, -0.25) is 0 Å². The van der Waals surface area contributed by atoms with E-state index in [2.05, 4.69) is 10.9 Å². The third kappa shape index (κ3) is 12.2. The van der Waals surface area contributed by atoms with E-state index >= 15 is 0 Å². The Bertz CT molecular complexity index is 1630. The van der Waals surface area contributed by atoms with Crippen LogP contribution in [0.25, 0.3) is 0 Å². The molecule has 0 saturated heterocycles. The molecule has 4 amide bonds. The number of hydrogen-bond acceptors (Lipinski definition) is 9. The van der Waals surface area contributed by atoms with Crippen LogP contribution in [0.4, 0.5) is 19.2 Å². The molecule has 50 heavy (non-hydrogen) atoms. The molecule has 0 fully saturated rings. The monoisotopic (exact) mass is 684 g/mol. The number of rotatable bonds is 13. The number of carbonyl (C=O) groups excluding carboxylic acids is 4. The summed E-state index contributed by atoms with van der Waals surface area (Å²) in [5.41, 5.74) is 7.61. The van der Waals surface area contributed by atoms with E-state index in [0.717, 1.165) is 15.6 Å². The number of ether oxygens (including phenoxy) is 4. The van der Waals surface area contributed by atoms with Crippen LogP contribution in [0.5, 0.6) is 0 Å². The van der Waals surface area contributed by atoms with E-state index < -0.39 is 43.1 Å². The van der Waals surface area contributed by atoms with Crippen LogP contribution in [0.15, 0.2) is 121 Å². The molecule has 4 rings (SSSR count). The van der Waals surface area contributed by atoms with Gasteiger partial charge in [-0.2, -0.15) is 0 Å². The summed E-state index contributed by atoms with van der Waals surface area (Å²) in [6, 6.07) is 33.6. The number of benzene rings is 4. The fourth-order valence-corrected chi connectivity index (χ4v) is 4.67. The number of carbonyl (C=O) groups is 4. The first kappa shape index (κ1) is 36.8. The number of nitrogens with zero attached hydrogens (tertiary/aromatic N) is 2. The molecule has 0 heterocycles. The number of aliphatic hydroxyl groups is 1. The highest BCUT2D eigenvalue weighted by Crippen LogP contribution is 2.15. The molecule has 0 aromatic heterocycles. The van der Waals surface area contributed by atoms with Crippen LogP contribution in [0.3, 0.4) is 0 Å². The minimum atomic E-state index is -1.16. The second kappa shape index (κ2) is 19.7. The van der Waals surface area contributed by atoms with Gasteiger partial charge in [-0.1, -0.05) is 121 Å². The summed E-state index contributed by atoms with van der Waals surface area (Å²) in [6.07, 6.45) is -4.03. The topological polar surface area (TPSA) is 156 Å².